The third-order valence-electron chi connectivity index (χ3n) is 3.86. The van der Waals surface area contributed by atoms with E-state index in [4.69, 9.17) is 0 Å². The van der Waals surface area contributed by atoms with E-state index in [-0.39, 0.29) is 0 Å². The van der Waals surface area contributed by atoms with E-state index in [1.807, 2.05) is 0 Å². The van der Waals surface area contributed by atoms with E-state index in [0.717, 1.165) is 6.54 Å². The first kappa shape index (κ1) is 10.8. The van der Waals surface area contributed by atoms with Crippen LogP contribution in [-0.4, -0.2) is 6.54 Å². The van der Waals surface area contributed by atoms with Crippen molar-refractivity contribution in [1.29, 1.82) is 0 Å². The fourth-order valence-electron chi connectivity index (χ4n) is 2.89. The number of benzene rings is 2. The molecule has 0 unspecified atom stereocenters. The molecule has 88 valence electrons. The Balaban J connectivity index is 2.12. The van der Waals surface area contributed by atoms with Crippen LogP contribution in [0.3, 0.4) is 0 Å². The van der Waals surface area contributed by atoms with Crippen LogP contribution in [0.5, 0.6) is 0 Å². The van der Waals surface area contributed by atoms with Gasteiger partial charge in [0.25, 0.3) is 0 Å². The highest BCUT2D eigenvalue weighted by Gasteiger charge is 2.16. The second-order valence-electron chi connectivity index (χ2n) is 5.02. The number of aryl methyl sites for hydroxylation is 1. The van der Waals surface area contributed by atoms with Gasteiger partial charge in [-0.05, 0) is 48.2 Å². The van der Waals surface area contributed by atoms with Crippen LogP contribution in [0.15, 0.2) is 36.4 Å². The molecule has 1 heteroatoms. The molecule has 0 amide bonds. The SMILES string of the molecule is Cc1ccc([C@@H]2CCCCN2)c2ccccc12. The van der Waals surface area contributed by atoms with Crippen LogP contribution in [0.2, 0.25) is 0 Å². The summed E-state index contributed by atoms with van der Waals surface area (Å²) in [5.74, 6) is 0. The number of hydrogen-bond donors (Lipinski definition) is 1. The Morgan fingerprint density at radius 2 is 1.82 bits per heavy atom. The molecule has 1 N–H and O–H groups in total. The number of rotatable bonds is 1. The lowest BCUT2D eigenvalue weighted by Crippen LogP contribution is -2.26. The summed E-state index contributed by atoms with van der Waals surface area (Å²) in [6.45, 7) is 3.35. The Hall–Kier alpha value is -1.34. The topological polar surface area (TPSA) is 12.0 Å². The Bertz CT molecular complexity index is 524. The van der Waals surface area contributed by atoms with Gasteiger partial charge in [0.2, 0.25) is 0 Å². The van der Waals surface area contributed by atoms with Crippen molar-refractivity contribution in [2.75, 3.05) is 6.54 Å². The molecule has 1 aliphatic rings. The van der Waals surface area contributed by atoms with E-state index in [2.05, 4.69) is 48.6 Å². The average molecular weight is 225 g/mol. The summed E-state index contributed by atoms with van der Waals surface area (Å²) in [5, 5.41) is 6.47. The summed E-state index contributed by atoms with van der Waals surface area (Å²) >= 11 is 0. The summed E-state index contributed by atoms with van der Waals surface area (Å²) in [7, 11) is 0. The quantitative estimate of drug-likeness (QED) is 0.774. The highest BCUT2D eigenvalue weighted by atomic mass is 14.9. The maximum absolute atomic E-state index is 3.65. The van der Waals surface area contributed by atoms with Crippen LogP contribution in [-0.2, 0) is 0 Å². The smallest absolute Gasteiger partial charge is 0.0326 e. The van der Waals surface area contributed by atoms with Gasteiger partial charge in [0.15, 0.2) is 0 Å². The molecule has 0 saturated carbocycles. The molecule has 1 saturated heterocycles. The molecule has 2 aromatic carbocycles. The molecule has 0 bridgehead atoms. The molecule has 0 spiro atoms. The zero-order valence-electron chi connectivity index (χ0n) is 10.4. The van der Waals surface area contributed by atoms with Gasteiger partial charge >= 0.3 is 0 Å². The molecule has 1 heterocycles. The third kappa shape index (κ3) is 1.96. The summed E-state index contributed by atoms with van der Waals surface area (Å²) < 4.78 is 0. The molecule has 0 aromatic heterocycles. The van der Waals surface area contributed by atoms with Crippen LogP contribution in [0, 0.1) is 6.92 Å². The lowest BCUT2D eigenvalue weighted by atomic mass is 9.91. The zero-order valence-corrected chi connectivity index (χ0v) is 10.4. The van der Waals surface area contributed by atoms with Crippen LogP contribution in [0.4, 0.5) is 0 Å². The average Bonchev–Trinajstić information content (AvgIpc) is 2.41. The largest absolute Gasteiger partial charge is 0.310 e. The third-order valence-corrected chi connectivity index (χ3v) is 3.86. The highest BCUT2D eigenvalue weighted by Crippen LogP contribution is 2.30. The summed E-state index contributed by atoms with van der Waals surface area (Å²) in [6, 6.07) is 13.9. The van der Waals surface area contributed by atoms with Gasteiger partial charge in [0.1, 0.15) is 0 Å². The molecular formula is C16H19N. The monoisotopic (exact) mass is 225 g/mol. The molecular weight excluding hydrogens is 206 g/mol. The van der Waals surface area contributed by atoms with E-state index < -0.39 is 0 Å². The lowest BCUT2D eigenvalue weighted by molar-refractivity contribution is 0.414. The van der Waals surface area contributed by atoms with Crippen molar-refractivity contribution in [3.8, 4) is 0 Å². The maximum Gasteiger partial charge on any atom is 0.0326 e. The first-order valence-corrected chi connectivity index (χ1v) is 6.58. The predicted octanol–water partition coefficient (Wildman–Crippen LogP) is 3.96. The van der Waals surface area contributed by atoms with Gasteiger partial charge in [-0.2, -0.15) is 0 Å². The minimum atomic E-state index is 0.550. The Morgan fingerprint density at radius 3 is 2.59 bits per heavy atom. The van der Waals surface area contributed by atoms with Crippen LogP contribution < -0.4 is 5.32 Å². The first-order valence-electron chi connectivity index (χ1n) is 6.58. The number of nitrogens with one attached hydrogen (secondary N) is 1. The van der Waals surface area contributed by atoms with E-state index in [9.17, 15) is 0 Å². The lowest BCUT2D eigenvalue weighted by Gasteiger charge is -2.25. The molecule has 2 aromatic rings. The van der Waals surface area contributed by atoms with Crippen LogP contribution >= 0.6 is 0 Å². The standard InChI is InChI=1S/C16H19N/c1-12-9-10-15(16-8-4-5-11-17-16)14-7-3-2-6-13(12)14/h2-3,6-7,9-10,16-17H,4-5,8,11H2,1H3/t16-/m0/s1. The van der Waals surface area contributed by atoms with Crippen molar-refractivity contribution in [2.45, 2.75) is 32.2 Å². The molecule has 1 nitrogen and oxygen atoms in total. The van der Waals surface area contributed by atoms with Crippen molar-refractivity contribution in [1.82, 2.24) is 5.32 Å². The molecule has 1 aliphatic heterocycles. The van der Waals surface area contributed by atoms with Gasteiger partial charge in [-0.25, -0.2) is 0 Å². The van der Waals surface area contributed by atoms with E-state index in [1.165, 1.54) is 41.2 Å². The predicted molar refractivity (Wildman–Crippen MR) is 73.3 cm³/mol. The fourth-order valence-corrected chi connectivity index (χ4v) is 2.89. The van der Waals surface area contributed by atoms with Crippen molar-refractivity contribution in [2.24, 2.45) is 0 Å². The van der Waals surface area contributed by atoms with Gasteiger partial charge in [0.05, 0.1) is 0 Å². The van der Waals surface area contributed by atoms with Crippen LogP contribution in [0.1, 0.15) is 36.4 Å². The minimum absolute atomic E-state index is 0.550. The summed E-state index contributed by atoms with van der Waals surface area (Å²) in [5.41, 5.74) is 2.85. The molecule has 1 atom stereocenters. The van der Waals surface area contributed by atoms with Gasteiger partial charge in [-0.1, -0.05) is 42.8 Å². The fraction of sp³-hybridized carbons (Fsp3) is 0.375. The highest BCUT2D eigenvalue weighted by molar-refractivity contribution is 5.88. The maximum atomic E-state index is 3.65. The van der Waals surface area contributed by atoms with E-state index in [1.54, 1.807) is 0 Å². The first-order chi connectivity index (χ1) is 8.36. The second-order valence-corrected chi connectivity index (χ2v) is 5.02. The van der Waals surface area contributed by atoms with Crippen molar-refractivity contribution >= 4 is 10.8 Å². The molecule has 17 heavy (non-hydrogen) atoms. The number of hydrogen-bond acceptors (Lipinski definition) is 1. The van der Waals surface area contributed by atoms with E-state index >= 15 is 0 Å². The van der Waals surface area contributed by atoms with Crippen molar-refractivity contribution in [3.05, 3.63) is 47.5 Å². The van der Waals surface area contributed by atoms with Gasteiger partial charge in [-0.15, -0.1) is 0 Å². The summed E-state index contributed by atoms with van der Waals surface area (Å²) in [4.78, 5) is 0. The Labute approximate surface area is 103 Å². The Kier molecular flexibility index (Phi) is 2.86. The van der Waals surface area contributed by atoms with Gasteiger partial charge in [0, 0.05) is 6.04 Å². The minimum Gasteiger partial charge on any atom is -0.310 e. The van der Waals surface area contributed by atoms with Crippen molar-refractivity contribution < 1.29 is 0 Å². The zero-order chi connectivity index (χ0) is 11.7. The molecule has 3 rings (SSSR count). The normalized spacial score (nSPS) is 20.6. The molecule has 0 radical (unpaired) electrons. The van der Waals surface area contributed by atoms with Crippen molar-refractivity contribution in [3.63, 3.8) is 0 Å². The van der Waals surface area contributed by atoms with Gasteiger partial charge < -0.3 is 5.32 Å². The Morgan fingerprint density at radius 1 is 1.00 bits per heavy atom. The molecule has 0 aliphatic carbocycles. The second kappa shape index (κ2) is 4.50. The summed E-state index contributed by atoms with van der Waals surface area (Å²) in [6.07, 6.45) is 3.94. The van der Waals surface area contributed by atoms with Gasteiger partial charge in [-0.3, -0.25) is 0 Å². The van der Waals surface area contributed by atoms with Crippen LogP contribution in [0.25, 0.3) is 10.8 Å². The van der Waals surface area contributed by atoms with E-state index in [0.29, 0.717) is 6.04 Å². The molecule has 1 fully saturated rings. The number of piperidine rings is 1. The number of fused-ring (bicyclic) bond motifs is 1.